The van der Waals surface area contributed by atoms with Gasteiger partial charge in [0.1, 0.15) is 17.5 Å². The number of anilines is 1. The Morgan fingerprint density at radius 2 is 1.47 bits per heavy atom. The van der Waals surface area contributed by atoms with Gasteiger partial charge in [-0.05, 0) is 55.0 Å². The molecule has 10 nitrogen and oxygen atoms in total. The first-order valence-corrected chi connectivity index (χ1v) is 11.2. The number of carbonyl (C=O) groups excluding carboxylic acids is 3. The fourth-order valence-corrected chi connectivity index (χ4v) is 4.63. The van der Waals surface area contributed by atoms with Gasteiger partial charge in [0.2, 0.25) is 0 Å². The molecular weight excluding hydrogens is 466 g/mol. The van der Waals surface area contributed by atoms with Gasteiger partial charge in [-0.3, -0.25) is 29.4 Å². The van der Waals surface area contributed by atoms with Crippen molar-refractivity contribution in [3.63, 3.8) is 0 Å². The van der Waals surface area contributed by atoms with E-state index in [1.165, 1.54) is 24.1 Å². The summed E-state index contributed by atoms with van der Waals surface area (Å²) in [4.78, 5) is 53.0. The topological polar surface area (TPSA) is 119 Å². The molecular formula is C26H21N3O7. The third-order valence-corrected chi connectivity index (χ3v) is 6.34. The van der Waals surface area contributed by atoms with Gasteiger partial charge in [-0.25, -0.2) is 0 Å². The molecule has 0 saturated carbocycles. The third kappa shape index (κ3) is 3.54. The van der Waals surface area contributed by atoms with Crippen molar-refractivity contribution in [2.24, 2.45) is 0 Å². The predicted octanol–water partition coefficient (Wildman–Crippen LogP) is 3.75. The Morgan fingerprint density at radius 3 is 2.08 bits per heavy atom. The van der Waals surface area contributed by atoms with Crippen molar-refractivity contribution >= 4 is 29.1 Å². The SMILES string of the molecule is CCOc1ccc([C@H]2[C@H](N3C(=O)c4ccc([N+](=O)[O-])cc4C3=O)C(=O)N2c2ccc(OC)cc2)cc1. The molecule has 0 unspecified atom stereocenters. The maximum absolute atomic E-state index is 13.5. The fourth-order valence-electron chi connectivity index (χ4n) is 4.63. The van der Waals surface area contributed by atoms with Crippen molar-refractivity contribution in [2.75, 3.05) is 18.6 Å². The van der Waals surface area contributed by atoms with Crippen LogP contribution in [0.5, 0.6) is 11.5 Å². The lowest BCUT2D eigenvalue weighted by Crippen LogP contribution is -2.67. The normalized spacial score (nSPS) is 18.7. The van der Waals surface area contributed by atoms with E-state index in [1.54, 1.807) is 48.5 Å². The summed E-state index contributed by atoms with van der Waals surface area (Å²) in [7, 11) is 1.54. The summed E-state index contributed by atoms with van der Waals surface area (Å²) in [6, 6.07) is 15.7. The predicted molar refractivity (Wildman–Crippen MR) is 128 cm³/mol. The average molecular weight is 487 g/mol. The van der Waals surface area contributed by atoms with Gasteiger partial charge in [-0.15, -0.1) is 0 Å². The molecule has 3 aromatic rings. The van der Waals surface area contributed by atoms with Crippen molar-refractivity contribution in [3.05, 3.63) is 93.5 Å². The van der Waals surface area contributed by atoms with Crippen molar-refractivity contribution in [1.82, 2.24) is 4.90 Å². The lowest BCUT2D eigenvalue weighted by molar-refractivity contribution is -0.384. The molecule has 2 aliphatic rings. The number of β-lactam (4-membered cyclic amide) rings is 1. The summed E-state index contributed by atoms with van der Waals surface area (Å²) in [5.74, 6) is -0.575. The Morgan fingerprint density at radius 1 is 0.833 bits per heavy atom. The molecule has 0 bridgehead atoms. The van der Waals surface area contributed by atoms with E-state index < -0.39 is 34.7 Å². The van der Waals surface area contributed by atoms with Crippen molar-refractivity contribution < 1.29 is 28.8 Å². The van der Waals surface area contributed by atoms with E-state index in [2.05, 4.69) is 0 Å². The number of nitrogens with zero attached hydrogens (tertiary/aromatic N) is 3. The van der Waals surface area contributed by atoms with Crippen molar-refractivity contribution in [2.45, 2.75) is 19.0 Å². The van der Waals surface area contributed by atoms with Crippen molar-refractivity contribution in [3.8, 4) is 11.5 Å². The van der Waals surface area contributed by atoms with Crippen LogP contribution in [0.4, 0.5) is 11.4 Å². The molecule has 1 saturated heterocycles. The minimum atomic E-state index is -1.11. The zero-order chi connectivity index (χ0) is 25.6. The fraction of sp³-hybridized carbons (Fsp3) is 0.192. The molecule has 10 heteroatoms. The van der Waals surface area contributed by atoms with E-state index in [0.717, 1.165) is 11.0 Å². The summed E-state index contributed by atoms with van der Waals surface area (Å²) < 4.78 is 10.7. The van der Waals surface area contributed by atoms with Gasteiger partial charge in [-0.1, -0.05) is 12.1 Å². The van der Waals surface area contributed by atoms with Crippen LogP contribution in [0, 0.1) is 10.1 Å². The molecule has 5 rings (SSSR count). The lowest BCUT2D eigenvalue weighted by atomic mass is 9.86. The highest BCUT2D eigenvalue weighted by atomic mass is 16.6. The van der Waals surface area contributed by atoms with E-state index in [4.69, 9.17) is 9.47 Å². The van der Waals surface area contributed by atoms with Gasteiger partial charge < -0.3 is 14.4 Å². The summed E-state index contributed by atoms with van der Waals surface area (Å²) in [5.41, 5.74) is 0.909. The van der Waals surface area contributed by atoms with E-state index in [1.807, 2.05) is 6.92 Å². The number of methoxy groups -OCH3 is 1. The van der Waals surface area contributed by atoms with Crippen LogP contribution in [0.3, 0.4) is 0 Å². The number of ether oxygens (including phenoxy) is 2. The lowest BCUT2D eigenvalue weighted by Gasteiger charge is -2.49. The molecule has 36 heavy (non-hydrogen) atoms. The van der Waals surface area contributed by atoms with Crippen LogP contribution in [-0.4, -0.2) is 47.3 Å². The number of fused-ring (bicyclic) bond motifs is 1. The number of nitro groups is 1. The monoisotopic (exact) mass is 487 g/mol. The largest absolute Gasteiger partial charge is 0.497 e. The van der Waals surface area contributed by atoms with E-state index in [9.17, 15) is 24.5 Å². The minimum Gasteiger partial charge on any atom is -0.497 e. The van der Waals surface area contributed by atoms with Crippen LogP contribution < -0.4 is 14.4 Å². The number of nitro benzene ring substituents is 1. The molecule has 3 amide bonds. The van der Waals surface area contributed by atoms with Gasteiger partial charge in [0, 0.05) is 17.8 Å². The molecule has 2 heterocycles. The maximum Gasteiger partial charge on any atom is 0.270 e. The molecule has 0 radical (unpaired) electrons. The number of rotatable bonds is 7. The van der Waals surface area contributed by atoms with Crippen LogP contribution in [0.25, 0.3) is 0 Å². The Bertz CT molecular complexity index is 1390. The molecule has 2 aliphatic heterocycles. The molecule has 3 aromatic carbocycles. The van der Waals surface area contributed by atoms with Gasteiger partial charge in [0.05, 0.1) is 35.8 Å². The van der Waals surface area contributed by atoms with E-state index in [-0.39, 0.29) is 16.8 Å². The molecule has 0 spiro atoms. The maximum atomic E-state index is 13.5. The number of non-ortho nitro benzene ring substituents is 1. The van der Waals surface area contributed by atoms with Crippen LogP contribution in [-0.2, 0) is 4.79 Å². The van der Waals surface area contributed by atoms with Crippen molar-refractivity contribution in [1.29, 1.82) is 0 Å². The van der Waals surface area contributed by atoms with Gasteiger partial charge >= 0.3 is 0 Å². The first-order valence-electron chi connectivity index (χ1n) is 11.2. The highest BCUT2D eigenvalue weighted by Crippen LogP contribution is 2.45. The molecule has 2 atom stereocenters. The highest BCUT2D eigenvalue weighted by molar-refractivity contribution is 6.25. The first-order chi connectivity index (χ1) is 17.3. The van der Waals surface area contributed by atoms with Gasteiger partial charge in [0.15, 0.2) is 0 Å². The smallest absolute Gasteiger partial charge is 0.270 e. The number of hydrogen-bond acceptors (Lipinski definition) is 7. The molecule has 0 aromatic heterocycles. The Hall–Kier alpha value is -4.73. The highest BCUT2D eigenvalue weighted by Gasteiger charge is 2.57. The zero-order valence-corrected chi connectivity index (χ0v) is 19.4. The second kappa shape index (κ2) is 8.81. The average Bonchev–Trinajstić information content (AvgIpc) is 3.13. The molecule has 1 fully saturated rings. The summed E-state index contributed by atoms with van der Waals surface area (Å²) in [5, 5.41) is 11.2. The second-order valence-electron chi connectivity index (χ2n) is 8.27. The number of amides is 3. The summed E-state index contributed by atoms with van der Waals surface area (Å²) in [6.07, 6.45) is 0. The zero-order valence-electron chi connectivity index (χ0n) is 19.4. The molecule has 0 N–H and O–H groups in total. The van der Waals surface area contributed by atoms with Crippen LogP contribution in [0.1, 0.15) is 39.2 Å². The second-order valence-corrected chi connectivity index (χ2v) is 8.27. The first kappa shape index (κ1) is 23.0. The number of imide groups is 1. The Labute approximate surface area is 205 Å². The summed E-state index contributed by atoms with van der Waals surface area (Å²) in [6.45, 7) is 2.36. The van der Waals surface area contributed by atoms with Gasteiger partial charge in [0.25, 0.3) is 23.4 Å². The van der Waals surface area contributed by atoms with Crippen LogP contribution in [0.15, 0.2) is 66.7 Å². The number of hydrogen-bond donors (Lipinski definition) is 0. The van der Waals surface area contributed by atoms with Gasteiger partial charge in [-0.2, -0.15) is 0 Å². The number of carbonyl (C=O) groups is 3. The standard InChI is InChI=1S/C26H21N3O7/c1-3-36-19-9-4-15(5-10-19)22-23(26(32)27(22)16-6-11-18(35-2)12-7-16)28-24(30)20-13-8-17(29(33)34)14-21(20)25(28)31/h4-14,22-23H,3H2,1-2H3/t22-,23-/m0/s1. The quantitative estimate of drug-likeness (QED) is 0.215. The summed E-state index contributed by atoms with van der Waals surface area (Å²) >= 11 is 0. The minimum absolute atomic E-state index is 0.0340. The Kier molecular flexibility index (Phi) is 5.63. The van der Waals surface area contributed by atoms with Crippen LogP contribution in [0.2, 0.25) is 0 Å². The Balaban J connectivity index is 1.55. The number of benzene rings is 3. The molecule has 182 valence electrons. The molecule has 0 aliphatic carbocycles. The van der Waals surface area contributed by atoms with E-state index >= 15 is 0 Å². The third-order valence-electron chi connectivity index (χ3n) is 6.34. The van der Waals surface area contributed by atoms with E-state index in [0.29, 0.717) is 29.4 Å². The van der Waals surface area contributed by atoms with Crippen LogP contribution >= 0.6 is 0 Å².